The van der Waals surface area contributed by atoms with Crippen molar-refractivity contribution in [3.63, 3.8) is 0 Å². The average molecular weight is 234 g/mol. The number of nitrogens with one attached hydrogen (secondary N) is 2. The van der Waals surface area contributed by atoms with E-state index in [2.05, 4.69) is 20.5 Å². The SMILES string of the molecule is c1csc(-c2n[nH]c([C@@H]3CCCCN3)n2)c1. The van der Waals surface area contributed by atoms with E-state index >= 15 is 0 Å². The molecule has 0 aliphatic carbocycles. The molecule has 0 amide bonds. The van der Waals surface area contributed by atoms with Crippen molar-refractivity contribution in [1.29, 1.82) is 0 Å². The summed E-state index contributed by atoms with van der Waals surface area (Å²) in [5.74, 6) is 1.79. The molecule has 1 fully saturated rings. The summed E-state index contributed by atoms with van der Waals surface area (Å²) in [4.78, 5) is 5.68. The third-order valence-electron chi connectivity index (χ3n) is 2.88. The van der Waals surface area contributed by atoms with Crippen LogP contribution >= 0.6 is 11.3 Å². The Balaban J connectivity index is 1.82. The number of hydrogen-bond acceptors (Lipinski definition) is 4. The van der Waals surface area contributed by atoms with E-state index in [1.54, 1.807) is 11.3 Å². The second kappa shape index (κ2) is 4.35. The first-order chi connectivity index (χ1) is 7.93. The van der Waals surface area contributed by atoms with E-state index in [0.717, 1.165) is 29.5 Å². The van der Waals surface area contributed by atoms with Crippen LogP contribution in [0, 0.1) is 0 Å². The zero-order chi connectivity index (χ0) is 10.8. The monoisotopic (exact) mass is 234 g/mol. The minimum atomic E-state index is 0.356. The highest BCUT2D eigenvalue weighted by atomic mass is 32.1. The van der Waals surface area contributed by atoms with Crippen LogP contribution in [-0.4, -0.2) is 21.7 Å². The Labute approximate surface area is 98.1 Å². The van der Waals surface area contributed by atoms with Gasteiger partial charge in [-0.05, 0) is 30.8 Å². The van der Waals surface area contributed by atoms with Gasteiger partial charge in [-0.3, -0.25) is 5.10 Å². The lowest BCUT2D eigenvalue weighted by molar-refractivity contribution is 0.398. The molecule has 1 atom stereocenters. The van der Waals surface area contributed by atoms with Crippen LogP contribution in [0.2, 0.25) is 0 Å². The molecule has 2 aromatic rings. The molecule has 16 heavy (non-hydrogen) atoms. The van der Waals surface area contributed by atoms with Crippen LogP contribution in [0.15, 0.2) is 17.5 Å². The molecular weight excluding hydrogens is 220 g/mol. The lowest BCUT2D eigenvalue weighted by Gasteiger charge is -2.20. The van der Waals surface area contributed by atoms with Crippen molar-refractivity contribution in [3.05, 3.63) is 23.3 Å². The number of aromatic nitrogens is 3. The van der Waals surface area contributed by atoms with E-state index in [1.807, 2.05) is 17.5 Å². The van der Waals surface area contributed by atoms with Gasteiger partial charge in [-0.1, -0.05) is 12.5 Å². The number of H-pyrrole nitrogens is 1. The van der Waals surface area contributed by atoms with Crippen LogP contribution in [0.1, 0.15) is 31.1 Å². The zero-order valence-corrected chi connectivity index (χ0v) is 9.76. The molecule has 0 aromatic carbocycles. The fraction of sp³-hybridized carbons (Fsp3) is 0.455. The highest BCUT2D eigenvalue weighted by Crippen LogP contribution is 2.24. The molecule has 2 N–H and O–H groups in total. The second-order valence-corrected chi connectivity index (χ2v) is 4.97. The van der Waals surface area contributed by atoms with Crippen LogP contribution in [-0.2, 0) is 0 Å². The van der Waals surface area contributed by atoms with Crippen molar-refractivity contribution in [3.8, 4) is 10.7 Å². The first-order valence-electron chi connectivity index (χ1n) is 5.63. The molecular formula is C11H14N4S. The summed E-state index contributed by atoms with van der Waals surface area (Å²) in [5.41, 5.74) is 0. The van der Waals surface area contributed by atoms with Gasteiger partial charge < -0.3 is 5.32 Å². The first kappa shape index (κ1) is 9.99. The Morgan fingerprint density at radius 2 is 2.38 bits per heavy atom. The highest BCUT2D eigenvalue weighted by molar-refractivity contribution is 7.13. The minimum Gasteiger partial charge on any atom is -0.307 e. The standard InChI is InChI=1S/C11H14N4S/c1-2-6-12-8(4-1)10-13-11(15-14-10)9-5-3-7-16-9/h3,5,7-8,12H,1-2,4,6H2,(H,13,14,15)/t8-/m0/s1. The fourth-order valence-electron chi connectivity index (χ4n) is 2.03. The maximum absolute atomic E-state index is 4.56. The van der Waals surface area contributed by atoms with Gasteiger partial charge in [0, 0.05) is 0 Å². The molecule has 3 heterocycles. The second-order valence-electron chi connectivity index (χ2n) is 4.02. The lowest BCUT2D eigenvalue weighted by atomic mass is 10.0. The summed E-state index contributed by atoms with van der Waals surface area (Å²) in [6.07, 6.45) is 3.69. The van der Waals surface area contributed by atoms with E-state index in [-0.39, 0.29) is 0 Å². The number of nitrogens with zero attached hydrogens (tertiary/aromatic N) is 2. The molecule has 2 aromatic heterocycles. The summed E-state index contributed by atoms with van der Waals surface area (Å²) >= 11 is 1.67. The third-order valence-corrected chi connectivity index (χ3v) is 3.75. The molecule has 84 valence electrons. The molecule has 1 aliphatic rings. The number of rotatable bonds is 2. The summed E-state index contributed by atoms with van der Waals surface area (Å²) in [7, 11) is 0. The van der Waals surface area contributed by atoms with Gasteiger partial charge in [-0.25, -0.2) is 4.98 Å². The normalized spacial score (nSPS) is 21.1. The van der Waals surface area contributed by atoms with Crippen LogP contribution in [0.25, 0.3) is 10.7 Å². The Bertz CT molecular complexity index is 442. The Morgan fingerprint density at radius 1 is 1.38 bits per heavy atom. The van der Waals surface area contributed by atoms with Crippen LogP contribution in [0.3, 0.4) is 0 Å². The van der Waals surface area contributed by atoms with Crippen molar-refractivity contribution >= 4 is 11.3 Å². The summed E-state index contributed by atoms with van der Waals surface area (Å²) in [6.45, 7) is 1.08. The Kier molecular flexibility index (Phi) is 2.71. The smallest absolute Gasteiger partial charge is 0.191 e. The summed E-state index contributed by atoms with van der Waals surface area (Å²) in [6, 6.07) is 4.43. The van der Waals surface area contributed by atoms with E-state index in [1.165, 1.54) is 12.8 Å². The van der Waals surface area contributed by atoms with E-state index in [0.29, 0.717) is 6.04 Å². The number of aromatic amines is 1. The van der Waals surface area contributed by atoms with Crippen LogP contribution < -0.4 is 5.32 Å². The first-order valence-corrected chi connectivity index (χ1v) is 6.51. The third kappa shape index (κ3) is 1.88. The molecule has 5 heteroatoms. The molecule has 0 radical (unpaired) electrons. The quantitative estimate of drug-likeness (QED) is 0.838. The average Bonchev–Trinajstić information content (AvgIpc) is 3.01. The van der Waals surface area contributed by atoms with Gasteiger partial charge >= 0.3 is 0 Å². The molecule has 4 nitrogen and oxygen atoms in total. The molecule has 0 spiro atoms. The van der Waals surface area contributed by atoms with Crippen LogP contribution in [0.5, 0.6) is 0 Å². The number of piperidine rings is 1. The van der Waals surface area contributed by atoms with Gasteiger partial charge in [0.25, 0.3) is 0 Å². The summed E-state index contributed by atoms with van der Waals surface area (Å²) in [5, 5.41) is 12.8. The van der Waals surface area contributed by atoms with Gasteiger partial charge in [-0.15, -0.1) is 11.3 Å². The maximum Gasteiger partial charge on any atom is 0.191 e. The Morgan fingerprint density at radius 3 is 3.12 bits per heavy atom. The number of thiophene rings is 1. The van der Waals surface area contributed by atoms with Gasteiger partial charge in [0.05, 0.1) is 10.9 Å². The molecule has 0 unspecified atom stereocenters. The fourth-order valence-corrected chi connectivity index (χ4v) is 2.69. The zero-order valence-electron chi connectivity index (χ0n) is 8.94. The van der Waals surface area contributed by atoms with Gasteiger partial charge in [0.1, 0.15) is 5.82 Å². The predicted octanol–water partition coefficient (Wildman–Crippen LogP) is 2.35. The maximum atomic E-state index is 4.56. The lowest BCUT2D eigenvalue weighted by Crippen LogP contribution is -2.27. The van der Waals surface area contributed by atoms with Crippen molar-refractivity contribution in [2.24, 2.45) is 0 Å². The van der Waals surface area contributed by atoms with Crippen LogP contribution in [0.4, 0.5) is 0 Å². The minimum absolute atomic E-state index is 0.356. The van der Waals surface area contributed by atoms with Crippen molar-refractivity contribution in [2.75, 3.05) is 6.54 Å². The number of hydrogen-bond donors (Lipinski definition) is 2. The predicted molar refractivity (Wildman–Crippen MR) is 64.3 cm³/mol. The molecule has 0 bridgehead atoms. The summed E-state index contributed by atoms with van der Waals surface area (Å²) < 4.78 is 0. The molecule has 3 rings (SSSR count). The van der Waals surface area contributed by atoms with Gasteiger partial charge in [0.2, 0.25) is 0 Å². The van der Waals surface area contributed by atoms with E-state index in [9.17, 15) is 0 Å². The molecule has 0 saturated carbocycles. The molecule has 1 saturated heterocycles. The van der Waals surface area contributed by atoms with Gasteiger partial charge in [0.15, 0.2) is 5.82 Å². The van der Waals surface area contributed by atoms with E-state index in [4.69, 9.17) is 0 Å². The van der Waals surface area contributed by atoms with Crippen molar-refractivity contribution in [1.82, 2.24) is 20.5 Å². The van der Waals surface area contributed by atoms with Crippen molar-refractivity contribution < 1.29 is 0 Å². The van der Waals surface area contributed by atoms with E-state index < -0.39 is 0 Å². The Hall–Kier alpha value is -1.20. The molecule has 1 aliphatic heterocycles. The van der Waals surface area contributed by atoms with Crippen molar-refractivity contribution in [2.45, 2.75) is 25.3 Å². The van der Waals surface area contributed by atoms with Gasteiger partial charge in [-0.2, -0.15) is 5.10 Å². The highest BCUT2D eigenvalue weighted by Gasteiger charge is 2.18. The topological polar surface area (TPSA) is 53.6 Å². The largest absolute Gasteiger partial charge is 0.307 e.